The third kappa shape index (κ3) is 2.70. The molecule has 4 nitrogen and oxygen atoms in total. The minimum absolute atomic E-state index is 0.196. The molecular formula is C17H24N2O2. The van der Waals surface area contributed by atoms with Gasteiger partial charge in [0.15, 0.2) is 0 Å². The van der Waals surface area contributed by atoms with Crippen LogP contribution in [0.4, 0.5) is 0 Å². The molecule has 1 amide bonds. The molecule has 3 rings (SSSR count). The summed E-state index contributed by atoms with van der Waals surface area (Å²) in [5.41, 5.74) is 0.916. The van der Waals surface area contributed by atoms with E-state index in [-0.39, 0.29) is 12.0 Å². The monoisotopic (exact) mass is 288 g/mol. The second kappa shape index (κ2) is 6.16. The van der Waals surface area contributed by atoms with Crippen LogP contribution >= 0.6 is 0 Å². The lowest BCUT2D eigenvalue weighted by Gasteiger charge is -2.46. The summed E-state index contributed by atoms with van der Waals surface area (Å²) in [4.78, 5) is 17.3. The molecule has 114 valence electrons. The van der Waals surface area contributed by atoms with Crippen LogP contribution in [0.15, 0.2) is 30.3 Å². The average molecular weight is 288 g/mol. The van der Waals surface area contributed by atoms with E-state index in [0.29, 0.717) is 12.5 Å². The summed E-state index contributed by atoms with van der Waals surface area (Å²) in [7, 11) is 0. The third-order valence-corrected chi connectivity index (χ3v) is 5.02. The molecule has 0 aromatic heterocycles. The van der Waals surface area contributed by atoms with Gasteiger partial charge in [-0.3, -0.25) is 9.69 Å². The zero-order valence-corrected chi connectivity index (χ0v) is 12.5. The van der Waals surface area contributed by atoms with E-state index >= 15 is 0 Å². The van der Waals surface area contributed by atoms with E-state index in [1.54, 1.807) is 0 Å². The van der Waals surface area contributed by atoms with Crippen molar-refractivity contribution in [2.24, 2.45) is 0 Å². The molecule has 0 radical (unpaired) electrons. The zero-order valence-electron chi connectivity index (χ0n) is 12.5. The van der Waals surface area contributed by atoms with Gasteiger partial charge in [0.05, 0.1) is 12.0 Å². The van der Waals surface area contributed by atoms with Gasteiger partial charge in [-0.15, -0.1) is 0 Å². The van der Waals surface area contributed by atoms with Crippen LogP contribution < -0.4 is 0 Å². The Morgan fingerprint density at radius 3 is 2.29 bits per heavy atom. The Morgan fingerprint density at radius 1 is 1.10 bits per heavy atom. The van der Waals surface area contributed by atoms with Crippen molar-refractivity contribution in [3.05, 3.63) is 35.9 Å². The fourth-order valence-corrected chi connectivity index (χ4v) is 3.53. The van der Waals surface area contributed by atoms with E-state index < -0.39 is 0 Å². The number of β-amino-alcohol motifs (C(OH)–C–C–N with tert-alkyl or cyclic N) is 1. The number of piperazine rings is 1. The molecule has 1 aliphatic carbocycles. The number of amides is 1. The van der Waals surface area contributed by atoms with E-state index in [1.807, 2.05) is 23.1 Å². The number of benzene rings is 1. The first-order valence-electron chi connectivity index (χ1n) is 7.94. The number of hydrogen-bond acceptors (Lipinski definition) is 3. The molecule has 0 bridgehead atoms. The fraction of sp³-hybridized carbons (Fsp3) is 0.588. The van der Waals surface area contributed by atoms with Crippen LogP contribution in [-0.2, 0) is 10.2 Å². The molecule has 1 aliphatic heterocycles. The maximum Gasteiger partial charge on any atom is 0.233 e. The predicted octanol–water partition coefficient (Wildman–Crippen LogP) is 1.24. The van der Waals surface area contributed by atoms with Gasteiger partial charge in [-0.05, 0) is 18.4 Å². The summed E-state index contributed by atoms with van der Waals surface area (Å²) < 4.78 is 0. The number of carbonyl (C=O) groups is 1. The number of nitrogens with zero attached hydrogens (tertiary/aromatic N) is 2. The van der Waals surface area contributed by atoms with Crippen molar-refractivity contribution in [3.8, 4) is 0 Å². The molecule has 1 N–H and O–H groups in total. The predicted molar refractivity (Wildman–Crippen MR) is 82.1 cm³/mol. The molecule has 1 saturated carbocycles. The number of rotatable bonds is 4. The minimum Gasteiger partial charge on any atom is -0.395 e. The highest BCUT2D eigenvalue weighted by Crippen LogP contribution is 2.45. The van der Waals surface area contributed by atoms with Crippen LogP contribution in [0.2, 0.25) is 0 Å². The smallest absolute Gasteiger partial charge is 0.233 e. The van der Waals surface area contributed by atoms with E-state index in [2.05, 4.69) is 17.0 Å². The summed E-state index contributed by atoms with van der Waals surface area (Å²) in [6.07, 6.45) is 3.10. The fourth-order valence-electron chi connectivity index (χ4n) is 3.53. The molecule has 1 saturated heterocycles. The second-order valence-electron chi connectivity index (χ2n) is 6.16. The summed E-state index contributed by atoms with van der Waals surface area (Å²) in [6.45, 7) is 4.23. The van der Waals surface area contributed by atoms with E-state index in [9.17, 15) is 4.79 Å². The van der Waals surface area contributed by atoms with Crippen LogP contribution in [0.25, 0.3) is 0 Å². The van der Waals surface area contributed by atoms with Crippen molar-refractivity contribution in [3.63, 3.8) is 0 Å². The van der Waals surface area contributed by atoms with Crippen LogP contribution in [0.5, 0.6) is 0 Å². The zero-order chi connectivity index (χ0) is 14.7. The lowest BCUT2D eigenvalue weighted by atomic mass is 9.63. The quantitative estimate of drug-likeness (QED) is 0.907. The van der Waals surface area contributed by atoms with Crippen molar-refractivity contribution in [1.82, 2.24) is 9.80 Å². The Hall–Kier alpha value is -1.39. The van der Waals surface area contributed by atoms with Crippen molar-refractivity contribution in [1.29, 1.82) is 0 Å². The maximum absolute atomic E-state index is 13.0. The van der Waals surface area contributed by atoms with Crippen LogP contribution in [0.1, 0.15) is 24.8 Å². The molecule has 0 unspecified atom stereocenters. The van der Waals surface area contributed by atoms with Gasteiger partial charge >= 0.3 is 0 Å². The van der Waals surface area contributed by atoms with E-state index in [0.717, 1.165) is 45.4 Å². The van der Waals surface area contributed by atoms with Gasteiger partial charge in [0.25, 0.3) is 0 Å². The van der Waals surface area contributed by atoms with Gasteiger partial charge in [0.1, 0.15) is 0 Å². The Bertz CT molecular complexity index is 477. The van der Waals surface area contributed by atoms with Crippen LogP contribution in [-0.4, -0.2) is 60.1 Å². The summed E-state index contributed by atoms with van der Waals surface area (Å²) in [5, 5.41) is 9.00. The Balaban J connectivity index is 1.70. The Labute approximate surface area is 126 Å². The lowest BCUT2D eigenvalue weighted by Crippen LogP contribution is -2.56. The standard InChI is InChI=1S/C17H24N2O2/c20-14-13-18-9-11-19(12-10-18)16(21)17(7-4-8-17)15-5-2-1-3-6-15/h1-3,5-6,20H,4,7-14H2. The molecular weight excluding hydrogens is 264 g/mol. The van der Waals surface area contributed by atoms with Crippen molar-refractivity contribution in [2.75, 3.05) is 39.3 Å². The van der Waals surface area contributed by atoms with E-state index in [4.69, 9.17) is 5.11 Å². The van der Waals surface area contributed by atoms with Gasteiger partial charge in [-0.1, -0.05) is 36.8 Å². The highest BCUT2D eigenvalue weighted by molar-refractivity contribution is 5.89. The largest absolute Gasteiger partial charge is 0.395 e. The van der Waals surface area contributed by atoms with Gasteiger partial charge in [0.2, 0.25) is 5.91 Å². The number of hydrogen-bond donors (Lipinski definition) is 1. The topological polar surface area (TPSA) is 43.8 Å². The molecule has 2 fully saturated rings. The average Bonchev–Trinajstić information content (AvgIpc) is 2.48. The third-order valence-electron chi connectivity index (χ3n) is 5.02. The van der Waals surface area contributed by atoms with Gasteiger partial charge in [-0.25, -0.2) is 0 Å². The Morgan fingerprint density at radius 2 is 1.76 bits per heavy atom. The maximum atomic E-state index is 13.0. The summed E-state index contributed by atoms with van der Waals surface area (Å²) in [6, 6.07) is 10.3. The molecule has 0 spiro atoms. The Kier molecular flexibility index (Phi) is 4.27. The number of carbonyl (C=O) groups excluding carboxylic acids is 1. The van der Waals surface area contributed by atoms with Gasteiger partial charge in [0, 0.05) is 32.7 Å². The number of aliphatic hydroxyl groups is 1. The second-order valence-corrected chi connectivity index (χ2v) is 6.16. The normalized spacial score (nSPS) is 21.9. The van der Waals surface area contributed by atoms with Crippen molar-refractivity contribution >= 4 is 5.91 Å². The highest BCUT2D eigenvalue weighted by Gasteiger charge is 2.47. The molecule has 21 heavy (non-hydrogen) atoms. The molecule has 4 heteroatoms. The molecule has 2 aliphatic rings. The van der Waals surface area contributed by atoms with Crippen LogP contribution in [0.3, 0.4) is 0 Å². The first-order chi connectivity index (χ1) is 10.3. The van der Waals surface area contributed by atoms with Crippen LogP contribution in [0, 0.1) is 0 Å². The van der Waals surface area contributed by atoms with E-state index in [1.165, 1.54) is 5.56 Å². The molecule has 1 aromatic rings. The first-order valence-corrected chi connectivity index (χ1v) is 7.94. The van der Waals surface area contributed by atoms with Gasteiger partial charge < -0.3 is 10.0 Å². The highest BCUT2D eigenvalue weighted by atomic mass is 16.3. The first kappa shape index (κ1) is 14.5. The SMILES string of the molecule is O=C(N1CCN(CCO)CC1)C1(c2ccccc2)CCC1. The van der Waals surface area contributed by atoms with Gasteiger partial charge in [-0.2, -0.15) is 0 Å². The summed E-state index contributed by atoms with van der Waals surface area (Å²) >= 11 is 0. The molecule has 1 heterocycles. The van der Waals surface area contributed by atoms with Crippen molar-refractivity contribution < 1.29 is 9.90 Å². The van der Waals surface area contributed by atoms with Crippen molar-refractivity contribution in [2.45, 2.75) is 24.7 Å². The summed E-state index contributed by atoms with van der Waals surface area (Å²) in [5.74, 6) is 0.309. The lowest BCUT2D eigenvalue weighted by molar-refractivity contribution is -0.142. The molecule has 1 aromatic carbocycles. The number of aliphatic hydroxyl groups excluding tert-OH is 1. The minimum atomic E-state index is -0.263. The molecule has 0 atom stereocenters.